The lowest BCUT2D eigenvalue weighted by atomic mass is 10.2. The largest absolute Gasteiger partial charge is 0.469 e. The summed E-state index contributed by atoms with van der Waals surface area (Å²) >= 11 is 0. The van der Waals surface area contributed by atoms with Gasteiger partial charge in [0.15, 0.2) is 0 Å². The third-order valence-corrected chi connectivity index (χ3v) is 1.57. The first-order valence-corrected chi connectivity index (χ1v) is 3.42. The summed E-state index contributed by atoms with van der Waals surface area (Å²) < 4.78 is 5.07. The molecule has 3 heteroatoms. The molecular formula is C8H11NO2. The minimum absolute atomic E-state index is 0.617. The summed E-state index contributed by atoms with van der Waals surface area (Å²) in [7, 11) is 1.74. The molecule has 0 fully saturated rings. The van der Waals surface area contributed by atoms with E-state index in [4.69, 9.17) is 4.42 Å². The Morgan fingerprint density at radius 3 is 2.91 bits per heavy atom. The summed E-state index contributed by atoms with van der Waals surface area (Å²) in [5.74, 6) is 0.874. The van der Waals surface area contributed by atoms with Crippen LogP contribution in [0, 0.1) is 6.92 Å². The maximum atomic E-state index is 10.2. The van der Waals surface area contributed by atoms with Crippen molar-refractivity contribution in [3.05, 3.63) is 23.7 Å². The molecule has 0 spiro atoms. The van der Waals surface area contributed by atoms with E-state index < -0.39 is 0 Å². The van der Waals surface area contributed by atoms with Crippen molar-refractivity contribution in [1.29, 1.82) is 0 Å². The van der Waals surface area contributed by atoms with Crippen molar-refractivity contribution in [1.82, 2.24) is 4.90 Å². The van der Waals surface area contributed by atoms with Gasteiger partial charge in [0, 0.05) is 19.2 Å². The third kappa shape index (κ3) is 1.83. The van der Waals surface area contributed by atoms with Crippen molar-refractivity contribution in [3.8, 4) is 0 Å². The van der Waals surface area contributed by atoms with Crippen molar-refractivity contribution < 1.29 is 9.21 Å². The molecule has 0 N–H and O–H groups in total. The molecule has 3 nitrogen and oxygen atoms in total. The van der Waals surface area contributed by atoms with Crippen LogP contribution < -0.4 is 0 Å². The summed E-state index contributed by atoms with van der Waals surface area (Å²) in [5.41, 5.74) is 1.06. The van der Waals surface area contributed by atoms with Gasteiger partial charge in [0.05, 0.1) is 6.26 Å². The van der Waals surface area contributed by atoms with Gasteiger partial charge in [-0.25, -0.2) is 0 Å². The second-order valence-electron chi connectivity index (χ2n) is 2.52. The molecule has 1 aromatic heterocycles. The predicted molar refractivity (Wildman–Crippen MR) is 41.0 cm³/mol. The molecule has 0 unspecified atom stereocenters. The highest BCUT2D eigenvalue weighted by Gasteiger charge is 2.02. The number of carbonyl (C=O) groups excluding carboxylic acids is 1. The molecule has 0 saturated carbocycles. The van der Waals surface area contributed by atoms with E-state index in [1.807, 2.05) is 13.0 Å². The van der Waals surface area contributed by atoms with E-state index in [0.29, 0.717) is 6.54 Å². The van der Waals surface area contributed by atoms with Gasteiger partial charge in [0.2, 0.25) is 6.41 Å². The first-order valence-electron chi connectivity index (χ1n) is 3.42. The van der Waals surface area contributed by atoms with Crippen molar-refractivity contribution in [2.75, 3.05) is 7.05 Å². The molecule has 0 bridgehead atoms. The molecule has 11 heavy (non-hydrogen) atoms. The second kappa shape index (κ2) is 3.23. The Bertz CT molecular complexity index is 242. The van der Waals surface area contributed by atoms with Crippen LogP contribution in [-0.4, -0.2) is 18.4 Å². The number of carbonyl (C=O) groups is 1. The Balaban J connectivity index is 2.63. The fourth-order valence-electron chi connectivity index (χ4n) is 0.881. The predicted octanol–water partition coefficient (Wildman–Crippen LogP) is 1.18. The van der Waals surface area contributed by atoms with Crippen LogP contribution in [0.3, 0.4) is 0 Å². The highest BCUT2D eigenvalue weighted by molar-refractivity contribution is 5.46. The fourth-order valence-corrected chi connectivity index (χ4v) is 0.881. The molecule has 0 aromatic carbocycles. The first kappa shape index (κ1) is 7.85. The van der Waals surface area contributed by atoms with Crippen molar-refractivity contribution >= 4 is 6.41 Å². The van der Waals surface area contributed by atoms with E-state index in [-0.39, 0.29) is 0 Å². The molecule has 0 radical (unpaired) electrons. The van der Waals surface area contributed by atoms with Crippen LogP contribution in [0.1, 0.15) is 11.3 Å². The van der Waals surface area contributed by atoms with Gasteiger partial charge in [-0.1, -0.05) is 0 Å². The smallest absolute Gasteiger partial charge is 0.209 e. The molecule has 1 heterocycles. The van der Waals surface area contributed by atoms with Gasteiger partial charge >= 0.3 is 0 Å². The van der Waals surface area contributed by atoms with Crippen molar-refractivity contribution in [3.63, 3.8) is 0 Å². The molecule has 0 aliphatic carbocycles. The Kier molecular flexibility index (Phi) is 2.31. The maximum absolute atomic E-state index is 10.2. The van der Waals surface area contributed by atoms with Crippen LogP contribution in [0.15, 0.2) is 16.7 Å². The average Bonchev–Trinajstić information content (AvgIpc) is 2.37. The third-order valence-electron chi connectivity index (χ3n) is 1.57. The molecule has 0 aliphatic heterocycles. The minimum atomic E-state index is 0.617. The molecule has 1 aromatic rings. The standard InChI is InChI=1S/C8H11NO2/c1-7-8(3-4-11-7)5-9(2)6-10/h3-4,6H,5H2,1-2H3. The molecule has 60 valence electrons. The van der Waals surface area contributed by atoms with Gasteiger partial charge in [-0.3, -0.25) is 4.79 Å². The maximum Gasteiger partial charge on any atom is 0.209 e. The summed E-state index contributed by atoms with van der Waals surface area (Å²) in [6, 6.07) is 1.87. The van der Waals surface area contributed by atoms with Crippen LogP contribution in [0.2, 0.25) is 0 Å². The van der Waals surface area contributed by atoms with Crippen LogP contribution in [0.4, 0.5) is 0 Å². The fraction of sp³-hybridized carbons (Fsp3) is 0.375. The van der Waals surface area contributed by atoms with Gasteiger partial charge in [0.1, 0.15) is 5.76 Å². The van der Waals surface area contributed by atoms with E-state index in [0.717, 1.165) is 17.7 Å². The summed E-state index contributed by atoms with van der Waals surface area (Å²) in [6.45, 7) is 2.50. The number of rotatable bonds is 3. The van der Waals surface area contributed by atoms with E-state index in [9.17, 15) is 4.79 Å². The van der Waals surface area contributed by atoms with E-state index >= 15 is 0 Å². The number of amides is 1. The van der Waals surface area contributed by atoms with Gasteiger partial charge in [-0.15, -0.1) is 0 Å². The zero-order valence-corrected chi connectivity index (χ0v) is 6.70. The van der Waals surface area contributed by atoms with Gasteiger partial charge in [-0.2, -0.15) is 0 Å². The highest BCUT2D eigenvalue weighted by atomic mass is 16.3. The Morgan fingerprint density at radius 2 is 2.45 bits per heavy atom. The normalized spacial score (nSPS) is 9.64. The van der Waals surface area contributed by atoms with Crippen LogP contribution in [0.25, 0.3) is 0 Å². The molecule has 1 amide bonds. The van der Waals surface area contributed by atoms with E-state index in [1.54, 1.807) is 18.2 Å². The lowest BCUT2D eigenvalue weighted by Gasteiger charge is -2.08. The zero-order valence-electron chi connectivity index (χ0n) is 6.70. The second-order valence-corrected chi connectivity index (χ2v) is 2.52. The zero-order chi connectivity index (χ0) is 8.27. The molecule has 0 saturated heterocycles. The van der Waals surface area contributed by atoms with E-state index in [2.05, 4.69) is 0 Å². The Labute approximate surface area is 65.6 Å². The van der Waals surface area contributed by atoms with E-state index in [1.165, 1.54) is 0 Å². The number of furan rings is 1. The summed E-state index contributed by atoms with van der Waals surface area (Å²) in [6.07, 6.45) is 2.43. The van der Waals surface area contributed by atoms with Crippen molar-refractivity contribution in [2.24, 2.45) is 0 Å². The number of aryl methyl sites for hydroxylation is 1. The Hall–Kier alpha value is -1.25. The average molecular weight is 153 g/mol. The summed E-state index contributed by atoms with van der Waals surface area (Å²) in [4.78, 5) is 11.8. The lowest BCUT2D eigenvalue weighted by molar-refractivity contribution is -0.117. The van der Waals surface area contributed by atoms with Gasteiger partial charge in [0.25, 0.3) is 0 Å². The number of hydrogen-bond donors (Lipinski definition) is 0. The van der Waals surface area contributed by atoms with Crippen LogP contribution >= 0.6 is 0 Å². The van der Waals surface area contributed by atoms with Gasteiger partial charge in [-0.05, 0) is 13.0 Å². The molecular weight excluding hydrogens is 142 g/mol. The monoisotopic (exact) mass is 153 g/mol. The van der Waals surface area contributed by atoms with Crippen molar-refractivity contribution in [2.45, 2.75) is 13.5 Å². The topological polar surface area (TPSA) is 33.5 Å². The quantitative estimate of drug-likeness (QED) is 0.611. The molecule has 0 aliphatic rings. The Morgan fingerprint density at radius 1 is 1.73 bits per heavy atom. The SMILES string of the molecule is Cc1occc1CN(C)C=O. The minimum Gasteiger partial charge on any atom is -0.469 e. The van der Waals surface area contributed by atoms with Crippen LogP contribution in [0.5, 0.6) is 0 Å². The lowest BCUT2D eigenvalue weighted by Crippen LogP contribution is -2.14. The van der Waals surface area contributed by atoms with Crippen LogP contribution in [-0.2, 0) is 11.3 Å². The number of nitrogens with zero attached hydrogens (tertiary/aromatic N) is 1. The molecule has 0 atom stereocenters. The highest BCUT2D eigenvalue weighted by Crippen LogP contribution is 2.09. The van der Waals surface area contributed by atoms with Gasteiger partial charge < -0.3 is 9.32 Å². The summed E-state index contributed by atoms with van der Waals surface area (Å²) in [5, 5.41) is 0. The molecule has 1 rings (SSSR count). The number of hydrogen-bond acceptors (Lipinski definition) is 2. The first-order chi connectivity index (χ1) is 5.24.